The van der Waals surface area contributed by atoms with Crippen molar-refractivity contribution in [1.29, 1.82) is 0 Å². The SMILES string of the molecule is O=C(Nc1nnc(Oc2ccc(C(F)(F)F)cc2Cl)s1)c1ccc2c(c1)CCNC2. The highest BCUT2D eigenvalue weighted by Crippen LogP contribution is 2.37. The Morgan fingerprint density at radius 1 is 1.17 bits per heavy atom. The number of alkyl halides is 3. The maximum absolute atomic E-state index is 12.7. The fraction of sp³-hybridized carbons (Fsp3) is 0.211. The third-order valence-corrected chi connectivity index (χ3v) is 5.45. The fourth-order valence-corrected chi connectivity index (χ4v) is 3.77. The Kier molecular flexibility index (Phi) is 5.63. The molecule has 3 aromatic rings. The average Bonchev–Trinajstić information content (AvgIpc) is 3.15. The molecule has 1 aliphatic rings. The minimum Gasteiger partial charge on any atom is -0.428 e. The summed E-state index contributed by atoms with van der Waals surface area (Å²) in [7, 11) is 0. The minimum atomic E-state index is -4.50. The molecule has 1 amide bonds. The summed E-state index contributed by atoms with van der Waals surface area (Å²) in [6, 6.07) is 8.24. The summed E-state index contributed by atoms with van der Waals surface area (Å²) < 4.78 is 43.6. The highest BCUT2D eigenvalue weighted by atomic mass is 35.5. The van der Waals surface area contributed by atoms with Crippen molar-refractivity contribution in [1.82, 2.24) is 15.5 Å². The van der Waals surface area contributed by atoms with Crippen LogP contribution in [0.3, 0.4) is 0 Å². The zero-order chi connectivity index (χ0) is 21.3. The molecular formula is C19H14ClF3N4O2S. The largest absolute Gasteiger partial charge is 0.428 e. The summed E-state index contributed by atoms with van der Waals surface area (Å²) >= 11 is 6.80. The van der Waals surface area contributed by atoms with Crippen LogP contribution in [0.1, 0.15) is 27.0 Å². The zero-order valence-corrected chi connectivity index (χ0v) is 16.8. The topological polar surface area (TPSA) is 76.1 Å². The Bertz CT molecular complexity index is 1100. The third-order valence-electron chi connectivity index (χ3n) is 4.44. The van der Waals surface area contributed by atoms with Gasteiger partial charge in [0.15, 0.2) is 0 Å². The van der Waals surface area contributed by atoms with Crippen LogP contribution in [-0.2, 0) is 19.1 Å². The molecule has 1 aliphatic heterocycles. The van der Waals surface area contributed by atoms with Crippen molar-refractivity contribution in [3.8, 4) is 10.9 Å². The van der Waals surface area contributed by atoms with Gasteiger partial charge in [-0.2, -0.15) is 13.2 Å². The van der Waals surface area contributed by atoms with E-state index >= 15 is 0 Å². The molecular weight excluding hydrogens is 441 g/mol. The first-order valence-electron chi connectivity index (χ1n) is 8.81. The molecule has 0 atom stereocenters. The molecule has 0 bridgehead atoms. The van der Waals surface area contributed by atoms with E-state index in [0.717, 1.165) is 60.2 Å². The van der Waals surface area contributed by atoms with E-state index in [-0.39, 0.29) is 27.0 Å². The zero-order valence-electron chi connectivity index (χ0n) is 15.2. The molecule has 0 saturated carbocycles. The van der Waals surface area contributed by atoms with E-state index in [4.69, 9.17) is 16.3 Å². The van der Waals surface area contributed by atoms with Crippen molar-refractivity contribution in [3.05, 3.63) is 63.7 Å². The number of carbonyl (C=O) groups is 1. The van der Waals surface area contributed by atoms with Crippen LogP contribution < -0.4 is 15.4 Å². The molecule has 0 radical (unpaired) electrons. The number of amides is 1. The van der Waals surface area contributed by atoms with Crippen LogP contribution in [0, 0.1) is 0 Å². The molecule has 0 spiro atoms. The van der Waals surface area contributed by atoms with Crippen LogP contribution in [0.2, 0.25) is 5.02 Å². The summed E-state index contributed by atoms with van der Waals surface area (Å²) in [6.45, 7) is 1.64. The predicted molar refractivity (Wildman–Crippen MR) is 106 cm³/mol. The van der Waals surface area contributed by atoms with Crippen molar-refractivity contribution < 1.29 is 22.7 Å². The Balaban J connectivity index is 1.44. The van der Waals surface area contributed by atoms with E-state index in [1.54, 1.807) is 6.07 Å². The van der Waals surface area contributed by atoms with Crippen LogP contribution in [-0.4, -0.2) is 22.6 Å². The van der Waals surface area contributed by atoms with Gasteiger partial charge in [-0.3, -0.25) is 10.1 Å². The van der Waals surface area contributed by atoms with Crippen LogP contribution >= 0.6 is 22.9 Å². The minimum absolute atomic E-state index is 0.00184. The second-order valence-corrected chi connectivity index (χ2v) is 7.83. The standard InChI is InChI=1S/C19H14ClF3N4O2S/c20-14-8-13(19(21,22)23)3-4-15(14)29-18-27-26-17(30-18)25-16(28)11-1-2-12-9-24-6-5-10(12)7-11/h1-4,7-8,24H,5-6,9H2,(H,25,26,28). The second kappa shape index (κ2) is 8.21. The highest BCUT2D eigenvalue weighted by molar-refractivity contribution is 7.17. The van der Waals surface area contributed by atoms with Gasteiger partial charge in [0, 0.05) is 12.1 Å². The van der Waals surface area contributed by atoms with Crippen molar-refractivity contribution in [2.45, 2.75) is 19.1 Å². The first-order chi connectivity index (χ1) is 14.3. The number of nitrogens with zero attached hydrogens (tertiary/aromatic N) is 2. The van der Waals surface area contributed by atoms with Gasteiger partial charge < -0.3 is 10.1 Å². The van der Waals surface area contributed by atoms with Crippen molar-refractivity contribution >= 4 is 34.0 Å². The maximum atomic E-state index is 12.7. The number of fused-ring (bicyclic) bond motifs is 1. The molecule has 2 heterocycles. The molecule has 11 heteroatoms. The van der Waals surface area contributed by atoms with Gasteiger partial charge in [-0.25, -0.2) is 0 Å². The Morgan fingerprint density at radius 3 is 2.77 bits per heavy atom. The number of carbonyl (C=O) groups excluding carboxylic acids is 1. The summed E-state index contributed by atoms with van der Waals surface area (Å²) in [5, 5.41) is 13.5. The number of aromatic nitrogens is 2. The first kappa shape index (κ1) is 20.6. The average molecular weight is 455 g/mol. The summed E-state index contributed by atoms with van der Waals surface area (Å²) in [5.74, 6) is -0.339. The normalized spacial score (nSPS) is 13.6. The van der Waals surface area contributed by atoms with Crippen LogP contribution in [0.25, 0.3) is 0 Å². The van der Waals surface area contributed by atoms with Gasteiger partial charge in [0.25, 0.3) is 5.91 Å². The number of rotatable bonds is 4. The monoisotopic (exact) mass is 454 g/mol. The van der Waals surface area contributed by atoms with Gasteiger partial charge in [-0.05, 0) is 65.8 Å². The van der Waals surface area contributed by atoms with Crippen LogP contribution in [0.4, 0.5) is 18.3 Å². The molecule has 4 rings (SSSR count). The van der Waals surface area contributed by atoms with E-state index in [1.807, 2.05) is 12.1 Å². The van der Waals surface area contributed by atoms with E-state index in [2.05, 4.69) is 20.8 Å². The predicted octanol–water partition coefficient (Wildman–Crippen LogP) is 4.90. The molecule has 156 valence electrons. The van der Waals surface area contributed by atoms with Gasteiger partial charge in [-0.1, -0.05) is 22.8 Å². The molecule has 0 unspecified atom stereocenters. The van der Waals surface area contributed by atoms with Gasteiger partial charge in [0.2, 0.25) is 5.13 Å². The summed E-state index contributed by atoms with van der Waals surface area (Å²) in [5.41, 5.74) is 1.91. The Hall–Kier alpha value is -2.69. The smallest absolute Gasteiger partial charge is 0.416 e. The molecule has 0 fully saturated rings. The van der Waals surface area contributed by atoms with Gasteiger partial charge >= 0.3 is 11.4 Å². The Morgan fingerprint density at radius 2 is 2.00 bits per heavy atom. The lowest BCUT2D eigenvalue weighted by Gasteiger charge is -2.17. The van der Waals surface area contributed by atoms with E-state index in [0.29, 0.717) is 5.56 Å². The number of anilines is 1. The number of nitrogens with one attached hydrogen (secondary N) is 2. The number of hydrogen-bond donors (Lipinski definition) is 2. The fourth-order valence-electron chi connectivity index (χ4n) is 2.94. The third kappa shape index (κ3) is 4.55. The molecule has 2 N–H and O–H groups in total. The molecule has 0 saturated heterocycles. The molecule has 0 aliphatic carbocycles. The highest BCUT2D eigenvalue weighted by Gasteiger charge is 2.31. The summed E-state index contributed by atoms with van der Waals surface area (Å²) in [6.07, 6.45) is -3.66. The maximum Gasteiger partial charge on any atom is 0.416 e. The number of ether oxygens (including phenoxy) is 1. The lowest BCUT2D eigenvalue weighted by Crippen LogP contribution is -2.24. The molecule has 6 nitrogen and oxygen atoms in total. The Labute approximate surface area is 178 Å². The van der Waals surface area contributed by atoms with Crippen LogP contribution in [0.5, 0.6) is 10.9 Å². The number of benzene rings is 2. The van der Waals surface area contributed by atoms with E-state index in [1.165, 1.54) is 0 Å². The van der Waals surface area contributed by atoms with Gasteiger partial charge in [-0.15, -0.1) is 5.10 Å². The number of halogens is 4. The van der Waals surface area contributed by atoms with Gasteiger partial charge in [0.05, 0.1) is 10.6 Å². The van der Waals surface area contributed by atoms with E-state index < -0.39 is 11.7 Å². The van der Waals surface area contributed by atoms with Crippen molar-refractivity contribution in [2.75, 3.05) is 11.9 Å². The van der Waals surface area contributed by atoms with Crippen LogP contribution in [0.15, 0.2) is 36.4 Å². The quantitative estimate of drug-likeness (QED) is 0.586. The van der Waals surface area contributed by atoms with Gasteiger partial charge in [0.1, 0.15) is 5.75 Å². The summed E-state index contributed by atoms with van der Waals surface area (Å²) in [4.78, 5) is 12.5. The molecule has 30 heavy (non-hydrogen) atoms. The van der Waals surface area contributed by atoms with E-state index in [9.17, 15) is 18.0 Å². The van der Waals surface area contributed by atoms with Crippen molar-refractivity contribution in [2.24, 2.45) is 0 Å². The molecule has 1 aromatic heterocycles. The lowest BCUT2D eigenvalue weighted by molar-refractivity contribution is -0.137. The molecule has 2 aromatic carbocycles. The lowest BCUT2D eigenvalue weighted by atomic mass is 9.98. The number of hydrogen-bond acceptors (Lipinski definition) is 6. The second-order valence-electron chi connectivity index (χ2n) is 6.48. The van der Waals surface area contributed by atoms with Crippen molar-refractivity contribution in [3.63, 3.8) is 0 Å². The first-order valence-corrected chi connectivity index (χ1v) is 10.0.